The fraction of sp³-hybridized carbons (Fsp3) is 0.333. The quantitative estimate of drug-likeness (QED) is 0.465. The second kappa shape index (κ2) is 8.73. The Kier molecular flexibility index (Phi) is 5.82. The van der Waals surface area contributed by atoms with Gasteiger partial charge in [-0.2, -0.15) is 0 Å². The van der Waals surface area contributed by atoms with Gasteiger partial charge in [-0.1, -0.05) is 28.1 Å². The smallest absolute Gasteiger partial charge is 0.170 e. The summed E-state index contributed by atoms with van der Waals surface area (Å²) in [6, 6.07) is 16.1. The highest BCUT2D eigenvalue weighted by Gasteiger charge is 2.42. The summed E-state index contributed by atoms with van der Waals surface area (Å²) < 4.78 is 13.4. The van der Waals surface area contributed by atoms with Crippen molar-refractivity contribution in [3.63, 3.8) is 0 Å². The molecule has 7 heteroatoms. The van der Waals surface area contributed by atoms with Crippen molar-refractivity contribution in [1.82, 2.24) is 15.2 Å². The molecule has 0 aliphatic carbocycles. The molecule has 0 spiro atoms. The summed E-state index contributed by atoms with van der Waals surface area (Å²) in [6.45, 7) is 3.64. The fourth-order valence-corrected chi connectivity index (χ4v) is 5.40. The number of nitrogens with one attached hydrogen (secondary N) is 1. The fourth-order valence-electron chi connectivity index (χ4n) is 4.40. The summed E-state index contributed by atoms with van der Waals surface area (Å²) in [7, 11) is 0. The first-order chi connectivity index (χ1) is 15.1. The van der Waals surface area contributed by atoms with Crippen LogP contribution in [-0.4, -0.2) is 34.3 Å². The van der Waals surface area contributed by atoms with E-state index in [1.807, 2.05) is 30.5 Å². The van der Waals surface area contributed by atoms with E-state index >= 15 is 0 Å². The third-order valence-electron chi connectivity index (χ3n) is 5.93. The second-order valence-corrected chi connectivity index (χ2v) is 9.34. The molecule has 3 atom stereocenters. The summed E-state index contributed by atoms with van der Waals surface area (Å²) in [5, 5.41) is 4.19. The Balaban J connectivity index is 1.51. The van der Waals surface area contributed by atoms with Crippen molar-refractivity contribution in [2.75, 3.05) is 13.2 Å². The first-order valence-corrected chi connectivity index (χ1v) is 11.8. The number of furan rings is 1. The first-order valence-electron chi connectivity index (χ1n) is 10.6. The van der Waals surface area contributed by atoms with E-state index in [4.69, 9.17) is 21.4 Å². The summed E-state index contributed by atoms with van der Waals surface area (Å²) in [5.74, 6) is 1.69. The van der Waals surface area contributed by atoms with Crippen LogP contribution in [0.3, 0.4) is 0 Å². The number of halogens is 1. The minimum atomic E-state index is -0.0930. The molecule has 0 saturated carbocycles. The van der Waals surface area contributed by atoms with E-state index in [2.05, 4.69) is 62.3 Å². The van der Waals surface area contributed by atoms with E-state index in [-0.39, 0.29) is 18.2 Å². The topological polar surface area (TPSA) is 50.5 Å². The summed E-state index contributed by atoms with van der Waals surface area (Å²) in [6.07, 6.45) is 4.15. The average molecular weight is 498 g/mol. The Labute approximate surface area is 195 Å². The maximum atomic E-state index is 6.43. The molecule has 0 amide bonds. The minimum Gasteiger partial charge on any atom is -0.459 e. The van der Waals surface area contributed by atoms with Crippen molar-refractivity contribution >= 4 is 33.3 Å². The van der Waals surface area contributed by atoms with E-state index in [9.17, 15) is 0 Å². The molecule has 0 unspecified atom stereocenters. The van der Waals surface area contributed by atoms with Gasteiger partial charge >= 0.3 is 0 Å². The van der Waals surface area contributed by atoms with Gasteiger partial charge in [0.15, 0.2) is 5.11 Å². The van der Waals surface area contributed by atoms with Crippen LogP contribution in [0.4, 0.5) is 0 Å². The zero-order chi connectivity index (χ0) is 21.4. The lowest BCUT2D eigenvalue weighted by atomic mass is 10.0. The Morgan fingerprint density at radius 1 is 1.23 bits per heavy atom. The van der Waals surface area contributed by atoms with Gasteiger partial charge in [0.1, 0.15) is 17.6 Å². The van der Waals surface area contributed by atoms with E-state index in [1.54, 1.807) is 0 Å². The maximum absolute atomic E-state index is 6.43. The largest absolute Gasteiger partial charge is 0.459 e. The Morgan fingerprint density at radius 3 is 2.87 bits per heavy atom. The molecular weight excluding hydrogens is 474 g/mol. The Morgan fingerprint density at radius 2 is 2.13 bits per heavy atom. The Bertz CT molecular complexity index is 1080. The van der Waals surface area contributed by atoms with E-state index in [0.717, 1.165) is 53.2 Å². The van der Waals surface area contributed by atoms with Crippen LogP contribution in [0.15, 0.2) is 63.6 Å². The summed E-state index contributed by atoms with van der Waals surface area (Å²) >= 11 is 9.42. The van der Waals surface area contributed by atoms with Crippen LogP contribution in [0.1, 0.15) is 41.9 Å². The van der Waals surface area contributed by atoms with Crippen LogP contribution in [0.25, 0.3) is 11.3 Å². The van der Waals surface area contributed by atoms with Crippen molar-refractivity contribution in [1.29, 1.82) is 0 Å². The van der Waals surface area contributed by atoms with Gasteiger partial charge in [0.25, 0.3) is 0 Å². The Hall–Kier alpha value is -2.22. The number of aryl methyl sites for hydroxylation is 1. The number of pyridine rings is 1. The molecule has 4 heterocycles. The normalized spacial score (nSPS) is 23.4. The molecule has 1 aromatic carbocycles. The molecule has 2 aliphatic rings. The number of aromatic nitrogens is 1. The first kappa shape index (κ1) is 20.7. The molecular formula is C24H24BrN3O2S. The SMILES string of the molecule is Cc1ccc(-c2ccc([C@@H]3[C@H](c4ccccn4)NC(=S)N3C[C@@H]3CCCO3)o2)c(Br)c1. The number of benzene rings is 1. The third-order valence-corrected chi connectivity index (χ3v) is 6.94. The van der Waals surface area contributed by atoms with Gasteiger partial charge in [0, 0.05) is 29.4 Å². The minimum absolute atomic E-state index is 0.0874. The van der Waals surface area contributed by atoms with Crippen molar-refractivity contribution in [3.8, 4) is 11.3 Å². The molecule has 2 aromatic heterocycles. The second-order valence-electron chi connectivity index (χ2n) is 8.10. The van der Waals surface area contributed by atoms with Gasteiger partial charge < -0.3 is 19.4 Å². The molecule has 0 radical (unpaired) electrons. The molecule has 1 N–H and O–H groups in total. The van der Waals surface area contributed by atoms with E-state index in [1.165, 1.54) is 5.56 Å². The van der Waals surface area contributed by atoms with E-state index < -0.39 is 0 Å². The molecule has 3 aromatic rings. The zero-order valence-electron chi connectivity index (χ0n) is 17.3. The molecule has 2 fully saturated rings. The monoisotopic (exact) mass is 497 g/mol. The average Bonchev–Trinajstić information content (AvgIpc) is 3.51. The molecule has 5 rings (SSSR count). The number of thiocarbonyl (C=S) groups is 1. The molecule has 0 bridgehead atoms. The predicted octanol–water partition coefficient (Wildman–Crippen LogP) is 5.56. The number of hydrogen-bond acceptors (Lipinski definition) is 4. The highest BCUT2D eigenvalue weighted by atomic mass is 79.9. The standard InChI is InChI=1S/C24H24BrN3O2S/c1-15-7-8-17(18(25)13-15)20-9-10-21(30-20)23-22(19-6-2-3-11-26-19)27-24(31)28(23)14-16-5-4-12-29-16/h2-3,6-11,13,16,22-23H,4-5,12,14H2,1H3,(H,27,31)/t16-,22-,23+/m0/s1. The molecule has 31 heavy (non-hydrogen) atoms. The van der Waals surface area contributed by atoms with Gasteiger partial charge in [-0.25, -0.2) is 0 Å². The van der Waals surface area contributed by atoms with Gasteiger partial charge in [0.2, 0.25) is 0 Å². The highest BCUT2D eigenvalue weighted by Crippen LogP contribution is 2.41. The summed E-state index contributed by atoms with van der Waals surface area (Å²) in [4.78, 5) is 6.80. The number of hydrogen-bond donors (Lipinski definition) is 1. The molecule has 2 saturated heterocycles. The van der Waals surface area contributed by atoms with Gasteiger partial charge in [-0.15, -0.1) is 0 Å². The van der Waals surface area contributed by atoms with Crippen LogP contribution in [-0.2, 0) is 4.74 Å². The van der Waals surface area contributed by atoms with Crippen molar-refractivity contribution in [2.45, 2.75) is 38.0 Å². The zero-order valence-corrected chi connectivity index (χ0v) is 19.7. The van der Waals surface area contributed by atoms with Crippen molar-refractivity contribution in [2.24, 2.45) is 0 Å². The van der Waals surface area contributed by atoms with Crippen LogP contribution in [0, 0.1) is 6.92 Å². The van der Waals surface area contributed by atoms with Gasteiger partial charge in [-0.3, -0.25) is 4.98 Å². The van der Waals surface area contributed by atoms with Crippen LogP contribution < -0.4 is 5.32 Å². The maximum Gasteiger partial charge on any atom is 0.170 e. The van der Waals surface area contributed by atoms with Crippen LogP contribution in [0.2, 0.25) is 0 Å². The number of ether oxygens (including phenoxy) is 1. The molecule has 5 nitrogen and oxygen atoms in total. The number of rotatable bonds is 5. The lowest BCUT2D eigenvalue weighted by Gasteiger charge is -2.28. The lowest BCUT2D eigenvalue weighted by Crippen LogP contribution is -2.36. The van der Waals surface area contributed by atoms with E-state index in [0.29, 0.717) is 5.11 Å². The summed E-state index contributed by atoms with van der Waals surface area (Å²) in [5.41, 5.74) is 3.18. The van der Waals surface area contributed by atoms with Crippen LogP contribution >= 0.6 is 28.1 Å². The van der Waals surface area contributed by atoms with Crippen molar-refractivity contribution < 1.29 is 9.15 Å². The molecule has 2 aliphatic heterocycles. The van der Waals surface area contributed by atoms with Crippen LogP contribution in [0.5, 0.6) is 0 Å². The predicted molar refractivity (Wildman–Crippen MR) is 128 cm³/mol. The van der Waals surface area contributed by atoms with Gasteiger partial charge in [-0.05, 0) is 73.9 Å². The number of nitrogens with zero attached hydrogens (tertiary/aromatic N) is 2. The molecule has 160 valence electrons. The van der Waals surface area contributed by atoms with Gasteiger partial charge in [0.05, 0.1) is 17.8 Å². The lowest BCUT2D eigenvalue weighted by molar-refractivity contribution is 0.0818. The van der Waals surface area contributed by atoms with Crippen molar-refractivity contribution in [3.05, 3.63) is 76.2 Å². The third kappa shape index (κ3) is 4.14. The highest BCUT2D eigenvalue weighted by molar-refractivity contribution is 9.10.